The van der Waals surface area contributed by atoms with Gasteiger partial charge in [0.15, 0.2) is 17.2 Å². The van der Waals surface area contributed by atoms with Crippen molar-refractivity contribution >= 4 is 22.8 Å². The van der Waals surface area contributed by atoms with Gasteiger partial charge in [0.2, 0.25) is 5.91 Å². The van der Waals surface area contributed by atoms with Crippen LogP contribution in [0.4, 0.5) is 4.39 Å². The highest BCUT2D eigenvalue weighted by molar-refractivity contribution is 5.98. The van der Waals surface area contributed by atoms with Gasteiger partial charge in [-0.05, 0) is 25.8 Å². The summed E-state index contributed by atoms with van der Waals surface area (Å²) in [5.41, 5.74) is 0.740. The number of carbonyl (C=O) groups excluding carboxylic acids is 2. The predicted octanol–water partition coefficient (Wildman–Crippen LogP) is 2.62. The van der Waals surface area contributed by atoms with Crippen LogP contribution in [0.3, 0.4) is 0 Å². The summed E-state index contributed by atoms with van der Waals surface area (Å²) >= 11 is 0. The van der Waals surface area contributed by atoms with Crippen molar-refractivity contribution in [3.05, 3.63) is 35.3 Å². The Hall–Kier alpha value is -2.37. The first kappa shape index (κ1) is 15.5. The Morgan fingerprint density at radius 1 is 1.43 bits per heavy atom. The zero-order valence-corrected chi connectivity index (χ0v) is 13.0. The number of furan rings is 1. The van der Waals surface area contributed by atoms with Gasteiger partial charge in [-0.25, -0.2) is 4.39 Å². The molecule has 2 aromatic rings. The number of aryl methyl sites for hydroxylation is 1. The Labute approximate surface area is 133 Å². The summed E-state index contributed by atoms with van der Waals surface area (Å²) in [6.45, 7) is 3.63. The summed E-state index contributed by atoms with van der Waals surface area (Å²) < 4.78 is 19.1. The van der Waals surface area contributed by atoms with E-state index in [2.05, 4.69) is 5.32 Å². The summed E-state index contributed by atoms with van der Waals surface area (Å²) in [5.74, 6) is -0.509. The fourth-order valence-corrected chi connectivity index (χ4v) is 2.92. The Morgan fingerprint density at radius 3 is 2.96 bits per heavy atom. The molecule has 0 spiro atoms. The van der Waals surface area contributed by atoms with E-state index in [1.165, 1.54) is 6.07 Å². The zero-order chi connectivity index (χ0) is 16.4. The molecule has 0 radical (unpaired) electrons. The molecule has 3 rings (SSSR count). The molecule has 0 atom stereocenters. The van der Waals surface area contributed by atoms with Crippen molar-refractivity contribution in [3.63, 3.8) is 0 Å². The fourth-order valence-electron chi connectivity index (χ4n) is 2.92. The van der Waals surface area contributed by atoms with Crippen molar-refractivity contribution in [1.82, 2.24) is 10.2 Å². The standard InChI is InChI=1S/C17H19FN2O3/c1-11-12-5-2-6-13(18)16(12)23-15(11)17(22)19-8-4-10-20-9-3-7-14(20)21/h2,5-6H,3-4,7-10H2,1H3,(H,19,22). The van der Waals surface area contributed by atoms with Crippen LogP contribution in [0.5, 0.6) is 0 Å². The van der Waals surface area contributed by atoms with Crippen LogP contribution < -0.4 is 5.32 Å². The number of hydrogen-bond donors (Lipinski definition) is 1. The summed E-state index contributed by atoms with van der Waals surface area (Å²) in [5, 5.41) is 3.37. The minimum Gasteiger partial charge on any atom is -0.448 e. The lowest BCUT2D eigenvalue weighted by Crippen LogP contribution is -2.30. The second-order valence-corrected chi connectivity index (χ2v) is 5.77. The highest BCUT2D eigenvalue weighted by atomic mass is 19.1. The Bertz CT molecular complexity index is 754. The normalized spacial score (nSPS) is 14.7. The second kappa shape index (κ2) is 6.40. The number of carbonyl (C=O) groups is 2. The number of halogens is 1. The van der Waals surface area contributed by atoms with E-state index in [1.54, 1.807) is 19.1 Å². The molecule has 23 heavy (non-hydrogen) atoms. The van der Waals surface area contributed by atoms with Crippen LogP contribution >= 0.6 is 0 Å². The lowest BCUT2D eigenvalue weighted by molar-refractivity contribution is -0.127. The number of amides is 2. The summed E-state index contributed by atoms with van der Waals surface area (Å²) in [6, 6.07) is 4.63. The average molecular weight is 318 g/mol. The van der Waals surface area contributed by atoms with Crippen LogP contribution in [0.25, 0.3) is 11.0 Å². The molecule has 1 fully saturated rings. The van der Waals surface area contributed by atoms with E-state index >= 15 is 0 Å². The molecule has 122 valence electrons. The van der Waals surface area contributed by atoms with Crippen LogP contribution in [-0.2, 0) is 4.79 Å². The van der Waals surface area contributed by atoms with Crippen LogP contribution in [0.1, 0.15) is 35.4 Å². The van der Waals surface area contributed by atoms with E-state index in [-0.39, 0.29) is 23.2 Å². The summed E-state index contributed by atoms with van der Waals surface area (Å²) in [7, 11) is 0. The Balaban J connectivity index is 1.59. The zero-order valence-electron chi connectivity index (χ0n) is 13.0. The maximum absolute atomic E-state index is 13.7. The lowest BCUT2D eigenvalue weighted by atomic mass is 10.1. The molecular formula is C17H19FN2O3. The van der Waals surface area contributed by atoms with Crippen molar-refractivity contribution in [2.24, 2.45) is 0 Å². The first-order chi connectivity index (χ1) is 11.1. The van der Waals surface area contributed by atoms with Crippen molar-refractivity contribution in [1.29, 1.82) is 0 Å². The molecular weight excluding hydrogens is 299 g/mol. The monoisotopic (exact) mass is 318 g/mol. The van der Waals surface area contributed by atoms with Gasteiger partial charge in [0.05, 0.1) is 0 Å². The molecule has 1 aliphatic rings. The Kier molecular flexibility index (Phi) is 4.32. The summed E-state index contributed by atoms with van der Waals surface area (Å²) in [6.07, 6.45) is 2.22. The van der Waals surface area contributed by atoms with Crippen molar-refractivity contribution in [2.75, 3.05) is 19.6 Å². The molecule has 2 heterocycles. The number of nitrogens with one attached hydrogen (secondary N) is 1. The molecule has 0 unspecified atom stereocenters. The molecule has 0 bridgehead atoms. The number of hydrogen-bond acceptors (Lipinski definition) is 3. The third-order valence-corrected chi connectivity index (χ3v) is 4.18. The maximum Gasteiger partial charge on any atom is 0.287 e. The number of rotatable bonds is 5. The number of likely N-dealkylation sites (tertiary alicyclic amines) is 1. The fraction of sp³-hybridized carbons (Fsp3) is 0.412. The molecule has 1 aromatic carbocycles. The van der Waals surface area contributed by atoms with Gasteiger partial charge in [-0.3, -0.25) is 9.59 Å². The van der Waals surface area contributed by atoms with Crippen LogP contribution in [0.15, 0.2) is 22.6 Å². The quantitative estimate of drug-likeness (QED) is 0.862. The van der Waals surface area contributed by atoms with Gasteiger partial charge in [-0.1, -0.05) is 12.1 Å². The van der Waals surface area contributed by atoms with Crippen LogP contribution in [-0.4, -0.2) is 36.3 Å². The highest BCUT2D eigenvalue weighted by Gasteiger charge is 2.21. The minimum absolute atomic E-state index is 0.109. The smallest absolute Gasteiger partial charge is 0.287 e. The maximum atomic E-state index is 13.7. The average Bonchev–Trinajstić information content (AvgIpc) is 3.09. The van der Waals surface area contributed by atoms with E-state index < -0.39 is 5.82 Å². The van der Waals surface area contributed by atoms with E-state index in [0.29, 0.717) is 36.9 Å². The molecule has 1 aromatic heterocycles. The van der Waals surface area contributed by atoms with Crippen LogP contribution in [0, 0.1) is 12.7 Å². The highest BCUT2D eigenvalue weighted by Crippen LogP contribution is 2.27. The van der Waals surface area contributed by atoms with Crippen molar-refractivity contribution in [3.8, 4) is 0 Å². The molecule has 2 amide bonds. The van der Waals surface area contributed by atoms with E-state index in [4.69, 9.17) is 4.42 Å². The van der Waals surface area contributed by atoms with E-state index in [0.717, 1.165) is 13.0 Å². The Morgan fingerprint density at radius 2 is 2.26 bits per heavy atom. The van der Waals surface area contributed by atoms with E-state index in [9.17, 15) is 14.0 Å². The van der Waals surface area contributed by atoms with Gasteiger partial charge in [-0.2, -0.15) is 0 Å². The lowest BCUT2D eigenvalue weighted by Gasteiger charge is -2.15. The van der Waals surface area contributed by atoms with Gasteiger partial charge in [0.25, 0.3) is 5.91 Å². The number of para-hydroxylation sites is 1. The van der Waals surface area contributed by atoms with E-state index in [1.807, 2.05) is 4.90 Å². The topological polar surface area (TPSA) is 62.6 Å². The molecule has 5 nitrogen and oxygen atoms in total. The third-order valence-electron chi connectivity index (χ3n) is 4.18. The SMILES string of the molecule is Cc1c(C(=O)NCCCN2CCCC2=O)oc2c(F)cccc12. The third kappa shape index (κ3) is 3.06. The number of nitrogens with zero attached hydrogens (tertiary/aromatic N) is 1. The minimum atomic E-state index is -0.475. The molecule has 1 aliphatic heterocycles. The molecule has 0 saturated carbocycles. The summed E-state index contributed by atoms with van der Waals surface area (Å²) in [4.78, 5) is 25.5. The molecule has 1 saturated heterocycles. The largest absolute Gasteiger partial charge is 0.448 e. The van der Waals surface area contributed by atoms with Crippen LogP contribution in [0.2, 0.25) is 0 Å². The molecule has 0 aliphatic carbocycles. The number of fused-ring (bicyclic) bond motifs is 1. The number of benzene rings is 1. The van der Waals surface area contributed by atoms with Crippen molar-refractivity contribution < 1.29 is 18.4 Å². The molecule has 6 heteroatoms. The first-order valence-corrected chi connectivity index (χ1v) is 7.81. The first-order valence-electron chi connectivity index (χ1n) is 7.81. The second-order valence-electron chi connectivity index (χ2n) is 5.77. The van der Waals surface area contributed by atoms with Gasteiger partial charge >= 0.3 is 0 Å². The van der Waals surface area contributed by atoms with Crippen molar-refractivity contribution in [2.45, 2.75) is 26.2 Å². The predicted molar refractivity (Wildman–Crippen MR) is 83.7 cm³/mol. The van der Waals surface area contributed by atoms with Gasteiger partial charge in [0.1, 0.15) is 0 Å². The van der Waals surface area contributed by atoms with Gasteiger partial charge < -0.3 is 14.6 Å². The van der Waals surface area contributed by atoms with Gasteiger partial charge in [0, 0.05) is 37.0 Å². The molecule has 1 N–H and O–H groups in total. The van der Waals surface area contributed by atoms with Gasteiger partial charge in [-0.15, -0.1) is 0 Å².